The molecule has 0 bridgehead atoms. The van der Waals surface area contributed by atoms with E-state index in [1.54, 1.807) is 31.8 Å². The molecule has 0 amide bonds. The largest absolute Gasteiger partial charge is 0.465 e. The summed E-state index contributed by atoms with van der Waals surface area (Å²) in [6, 6.07) is 3.79. The number of esters is 1. The number of hydrogen-bond acceptors (Lipinski definition) is 5. The second-order valence-electron chi connectivity index (χ2n) is 4.03. The number of halogens is 1. The standard InChI is InChI=1S/C12H17BrN2O2S/c1-3-17-11(16)12(2,14)6-8-18-10-9(13)5-4-7-15-10/h4-5,7H,3,6,8,14H2,1-2H3. The Hall–Kier alpha value is -0.590. The second-order valence-corrected chi connectivity index (χ2v) is 5.96. The normalized spacial score (nSPS) is 14.0. The quantitative estimate of drug-likeness (QED) is 0.640. The molecule has 0 aliphatic rings. The number of thioether (sulfide) groups is 1. The van der Waals surface area contributed by atoms with E-state index in [9.17, 15) is 4.79 Å². The maximum Gasteiger partial charge on any atom is 0.325 e. The van der Waals surface area contributed by atoms with Crippen molar-refractivity contribution in [3.8, 4) is 0 Å². The highest BCUT2D eigenvalue weighted by Gasteiger charge is 2.29. The number of ether oxygens (including phenoxy) is 1. The van der Waals surface area contributed by atoms with Gasteiger partial charge in [0.2, 0.25) is 0 Å². The van der Waals surface area contributed by atoms with Gasteiger partial charge in [0.25, 0.3) is 0 Å². The zero-order valence-corrected chi connectivity index (χ0v) is 12.9. The summed E-state index contributed by atoms with van der Waals surface area (Å²) in [5.74, 6) is 0.354. The molecule has 1 unspecified atom stereocenters. The molecule has 18 heavy (non-hydrogen) atoms. The monoisotopic (exact) mass is 332 g/mol. The summed E-state index contributed by atoms with van der Waals surface area (Å²) in [5.41, 5.74) is 4.99. The Bertz CT molecular complexity index is 413. The van der Waals surface area contributed by atoms with E-state index in [-0.39, 0.29) is 5.97 Å². The molecular weight excluding hydrogens is 316 g/mol. The molecule has 0 aliphatic carbocycles. The Morgan fingerprint density at radius 1 is 1.67 bits per heavy atom. The minimum absolute atomic E-state index is 0.352. The van der Waals surface area contributed by atoms with Gasteiger partial charge in [0.15, 0.2) is 0 Å². The summed E-state index contributed by atoms with van der Waals surface area (Å²) in [5, 5.41) is 0.900. The lowest BCUT2D eigenvalue weighted by atomic mass is 10.0. The van der Waals surface area contributed by atoms with Gasteiger partial charge in [-0.05, 0) is 48.3 Å². The van der Waals surface area contributed by atoms with Gasteiger partial charge in [-0.15, -0.1) is 11.8 Å². The number of rotatable bonds is 6. The molecular formula is C12H17BrN2O2S. The van der Waals surface area contributed by atoms with E-state index in [0.29, 0.717) is 18.8 Å². The van der Waals surface area contributed by atoms with Crippen LogP contribution in [0.1, 0.15) is 20.3 Å². The third-order valence-electron chi connectivity index (χ3n) is 2.33. The van der Waals surface area contributed by atoms with Gasteiger partial charge in [-0.2, -0.15) is 0 Å². The van der Waals surface area contributed by atoms with Crippen LogP contribution in [0, 0.1) is 0 Å². The van der Waals surface area contributed by atoms with Crippen molar-refractivity contribution in [1.29, 1.82) is 0 Å². The van der Waals surface area contributed by atoms with Crippen molar-refractivity contribution in [2.75, 3.05) is 12.4 Å². The number of carbonyl (C=O) groups is 1. The minimum atomic E-state index is -0.940. The minimum Gasteiger partial charge on any atom is -0.465 e. The Morgan fingerprint density at radius 2 is 2.39 bits per heavy atom. The highest BCUT2D eigenvalue weighted by molar-refractivity contribution is 9.10. The number of aromatic nitrogens is 1. The molecule has 0 aromatic carbocycles. The highest BCUT2D eigenvalue weighted by atomic mass is 79.9. The molecule has 4 nitrogen and oxygen atoms in total. The number of nitrogens with two attached hydrogens (primary N) is 1. The summed E-state index contributed by atoms with van der Waals surface area (Å²) >= 11 is 4.99. The molecule has 0 saturated heterocycles. The SMILES string of the molecule is CCOC(=O)C(C)(N)CCSc1ncccc1Br. The van der Waals surface area contributed by atoms with Gasteiger partial charge in [-0.1, -0.05) is 0 Å². The molecule has 1 atom stereocenters. The highest BCUT2D eigenvalue weighted by Crippen LogP contribution is 2.26. The van der Waals surface area contributed by atoms with Gasteiger partial charge >= 0.3 is 5.97 Å². The van der Waals surface area contributed by atoms with Crippen LogP contribution in [0.2, 0.25) is 0 Å². The molecule has 0 aliphatic heterocycles. The number of pyridine rings is 1. The Labute approximate surface area is 120 Å². The Balaban J connectivity index is 2.46. The van der Waals surface area contributed by atoms with E-state index >= 15 is 0 Å². The van der Waals surface area contributed by atoms with Crippen LogP contribution in [0.25, 0.3) is 0 Å². The molecule has 0 spiro atoms. The summed E-state index contributed by atoms with van der Waals surface area (Å²) in [7, 11) is 0. The van der Waals surface area contributed by atoms with Crippen molar-refractivity contribution in [2.45, 2.75) is 30.8 Å². The molecule has 6 heteroatoms. The lowest BCUT2D eigenvalue weighted by Gasteiger charge is -2.21. The number of nitrogens with zero attached hydrogens (tertiary/aromatic N) is 1. The van der Waals surface area contributed by atoms with Crippen molar-refractivity contribution in [3.05, 3.63) is 22.8 Å². The predicted molar refractivity (Wildman–Crippen MR) is 76.5 cm³/mol. The molecule has 2 N–H and O–H groups in total. The van der Waals surface area contributed by atoms with E-state index in [1.165, 1.54) is 0 Å². The fourth-order valence-electron chi connectivity index (χ4n) is 1.24. The van der Waals surface area contributed by atoms with Crippen LogP contribution < -0.4 is 5.73 Å². The number of carbonyl (C=O) groups excluding carboxylic acids is 1. The van der Waals surface area contributed by atoms with Crippen LogP contribution in [-0.4, -0.2) is 28.9 Å². The Kier molecular flexibility index (Phi) is 6.11. The van der Waals surface area contributed by atoms with Gasteiger partial charge in [-0.25, -0.2) is 4.98 Å². The summed E-state index contributed by atoms with van der Waals surface area (Å²) in [6.07, 6.45) is 2.28. The molecule has 1 aromatic rings. The molecule has 0 saturated carbocycles. The lowest BCUT2D eigenvalue weighted by molar-refractivity contribution is -0.149. The first kappa shape index (κ1) is 15.5. The van der Waals surface area contributed by atoms with Gasteiger partial charge in [0, 0.05) is 16.4 Å². The van der Waals surface area contributed by atoms with Crippen molar-refractivity contribution in [1.82, 2.24) is 4.98 Å². The van der Waals surface area contributed by atoms with Crippen molar-refractivity contribution in [3.63, 3.8) is 0 Å². The van der Waals surface area contributed by atoms with Crippen LogP contribution in [0.15, 0.2) is 27.8 Å². The molecule has 1 aromatic heterocycles. The van der Waals surface area contributed by atoms with Crippen molar-refractivity contribution in [2.24, 2.45) is 5.73 Å². The van der Waals surface area contributed by atoms with Crippen LogP contribution in [0.4, 0.5) is 0 Å². The molecule has 1 heterocycles. The molecule has 0 radical (unpaired) electrons. The van der Waals surface area contributed by atoms with Gasteiger partial charge < -0.3 is 10.5 Å². The van der Waals surface area contributed by atoms with Crippen molar-refractivity contribution >= 4 is 33.7 Å². The third-order valence-corrected chi connectivity index (χ3v) is 4.24. The number of hydrogen-bond donors (Lipinski definition) is 1. The maximum absolute atomic E-state index is 11.6. The van der Waals surface area contributed by atoms with Crippen molar-refractivity contribution < 1.29 is 9.53 Å². The summed E-state index contributed by atoms with van der Waals surface area (Å²) < 4.78 is 5.88. The van der Waals surface area contributed by atoms with E-state index in [4.69, 9.17) is 10.5 Å². The summed E-state index contributed by atoms with van der Waals surface area (Å²) in [6.45, 7) is 3.82. The van der Waals surface area contributed by atoms with Gasteiger partial charge in [0.05, 0.1) is 6.61 Å². The zero-order chi connectivity index (χ0) is 13.6. The first-order valence-electron chi connectivity index (χ1n) is 5.67. The third kappa shape index (κ3) is 4.59. The van der Waals surface area contributed by atoms with Gasteiger partial charge in [-0.3, -0.25) is 4.79 Å². The second kappa shape index (κ2) is 7.11. The van der Waals surface area contributed by atoms with Crippen LogP contribution in [-0.2, 0) is 9.53 Å². The average molecular weight is 333 g/mol. The fourth-order valence-corrected chi connectivity index (χ4v) is 2.89. The lowest BCUT2D eigenvalue weighted by Crippen LogP contribution is -2.46. The molecule has 0 fully saturated rings. The first-order valence-corrected chi connectivity index (χ1v) is 7.44. The van der Waals surface area contributed by atoms with E-state index < -0.39 is 5.54 Å². The molecule has 1 rings (SSSR count). The fraction of sp³-hybridized carbons (Fsp3) is 0.500. The van der Waals surface area contributed by atoms with Crippen LogP contribution in [0.5, 0.6) is 0 Å². The summed E-state index contributed by atoms with van der Waals surface area (Å²) in [4.78, 5) is 15.8. The van der Waals surface area contributed by atoms with Gasteiger partial charge in [0.1, 0.15) is 10.6 Å². The Morgan fingerprint density at radius 3 is 3.00 bits per heavy atom. The van der Waals surface area contributed by atoms with Crippen LogP contribution in [0.3, 0.4) is 0 Å². The smallest absolute Gasteiger partial charge is 0.325 e. The average Bonchev–Trinajstić information content (AvgIpc) is 2.32. The molecule has 100 valence electrons. The maximum atomic E-state index is 11.6. The van der Waals surface area contributed by atoms with Crippen LogP contribution >= 0.6 is 27.7 Å². The van der Waals surface area contributed by atoms with E-state index in [0.717, 1.165) is 9.50 Å². The zero-order valence-electron chi connectivity index (χ0n) is 10.5. The topological polar surface area (TPSA) is 65.2 Å². The van der Waals surface area contributed by atoms with E-state index in [2.05, 4.69) is 20.9 Å². The van der Waals surface area contributed by atoms with E-state index in [1.807, 2.05) is 12.1 Å². The first-order chi connectivity index (χ1) is 8.47. The predicted octanol–water partition coefficient (Wildman–Crippen LogP) is 2.61.